The Bertz CT molecular complexity index is 984. The Morgan fingerprint density at radius 1 is 1.07 bits per heavy atom. The van der Waals surface area contributed by atoms with Crippen molar-refractivity contribution in [2.45, 2.75) is 19.4 Å². The summed E-state index contributed by atoms with van der Waals surface area (Å²) in [4.78, 5) is 19.0. The van der Waals surface area contributed by atoms with E-state index in [-0.39, 0.29) is 5.91 Å². The van der Waals surface area contributed by atoms with Crippen molar-refractivity contribution < 1.29 is 9.53 Å². The van der Waals surface area contributed by atoms with Gasteiger partial charge >= 0.3 is 0 Å². The van der Waals surface area contributed by atoms with Crippen LogP contribution in [0.5, 0.6) is 5.75 Å². The molecule has 4 nitrogen and oxygen atoms in total. The maximum absolute atomic E-state index is 13.0. The smallest absolute Gasteiger partial charge is 0.246 e. The minimum atomic E-state index is 0.00142. The molecular formula is C25H24N2O2. The molecule has 1 aliphatic heterocycles. The second-order valence-electron chi connectivity index (χ2n) is 7.16. The van der Waals surface area contributed by atoms with Gasteiger partial charge in [-0.2, -0.15) is 0 Å². The van der Waals surface area contributed by atoms with E-state index in [4.69, 9.17) is 4.74 Å². The molecule has 2 aromatic carbocycles. The highest BCUT2D eigenvalue weighted by Gasteiger charge is 2.13. The summed E-state index contributed by atoms with van der Waals surface area (Å²) in [5.74, 6) is 0.955. The summed E-state index contributed by atoms with van der Waals surface area (Å²) in [7, 11) is 0. The average molecular weight is 384 g/mol. The van der Waals surface area contributed by atoms with Crippen molar-refractivity contribution >= 4 is 12.0 Å². The number of ether oxygens (including phenoxy) is 1. The maximum Gasteiger partial charge on any atom is 0.246 e. The standard InChI is InChI=1S/C25H24N2O2/c28-25(11-9-21-8-10-24-23(17-21)13-16-29-24)27(19-22-7-4-14-26-18-22)15-12-20-5-2-1-3-6-20/h1-11,14,17-18H,12-13,15-16,19H2/b11-9+. The van der Waals surface area contributed by atoms with Gasteiger partial charge in [0.1, 0.15) is 5.75 Å². The maximum atomic E-state index is 13.0. The fourth-order valence-electron chi connectivity index (χ4n) is 3.47. The molecule has 0 fully saturated rings. The van der Waals surface area contributed by atoms with Gasteiger partial charge in [0, 0.05) is 38.0 Å². The first-order valence-corrected chi connectivity index (χ1v) is 9.93. The van der Waals surface area contributed by atoms with Crippen molar-refractivity contribution in [2.75, 3.05) is 13.2 Å². The fourth-order valence-corrected chi connectivity index (χ4v) is 3.47. The van der Waals surface area contributed by atoms with E-state index in [1.807, 2.05) is 59.6 Å². The zero-order valence-electron chi connectivity index (χ0n) is 16.3. The van der Waals surface area contributed by atoms with Crippen molar-refractivity contribution in [3.8, 4) is 5.75 Å². The summed E-state index contributed by atoms with van der Waals surface area (Å²) in [6, 6.07) is 20.2. The molecule has 29 heavy (non-hydrogen) atoms. The molecule has 0 bridgehead atoms. The number of benzene rings is 2. The number of pyridine rings is 1. The molecule has 0 N–H and O–H groups in total. The lowest BCUT2D eigenvalue weighted by Gasteiger charge is -2.21. The number of carbonyl (C=O) groups is 1. The number of rotatable bonds is 7. The van der Waals surface area contributed by atoms with Crippen LogP contribution in [0.2, 0.25) is 0 Å². The Hall–Kier alpha value is -3.40. The summed E-state index contributed by atoms with van der Waals surface area (Å²) in [5.41, 5.74) is 4.47. The fraction of sp³-hybridized carbons (Fsp3) is 0.200. The van der Waals surface area contributed by atoms with Gasteiger partial charge < -0.3 is 9.64 Å². The lowest BCUT2D eigenvalue weighted by Crippen LogP contribution is -2.31. The van der Waals surface area contributed by atoms with Crippen LogP contribution < -0.4 is 4.74 Å². The Balaban J connectivity index is 1.47. The third-order valence-corrected chi connectivity index (χ3v) is 5.05. The van der Waals surface area contributed by atoms with E-state index in [0.717, 1.165) is 36.3 Å². The van der Waals surface area contributed by atoms with Crippen LogP contribution in [0.4, 0.5) is 0 Å². The monoisotopic (exact) mass is 384 g/mol. The van der Waals surface area contributed by atoms with Crippen LogP contribution >= 0.6 is 0 Å². The summed E-state index contributed by atoms with van der Waals surface area (Å²) in [5, 5.41) is 0. The third-order valence-electron chi connectivity index (χ3n) is 5.05. The van der Waals surface area contributed by atoms with E-state index in [2.05, 4.69) is 23.2 Å². The van der Waals surface area contributed by atoms with Gasteiger partial charge in [-0.05, 0) is 52.9 Å². The third kappa shape index (κ3) is 5.11. The first-order valence-electron chi connectivity index (χ1n) is 9.93. The first-order chi connectivity index (χ1) is 14.3. The lowest BCUT2D eigenvalue weighted by atomic mass is 10.1. The van der Waals surface area contributed by atoms with E-state index in [1.54, 1.807) is 12.3 Å². The zero-order valence-corrected chi connectivity index (χ0v) is 16.3. The van der Waals surface area contributed by atoms with Crippen LogP contribution in [0.3, 0.4) is 0 Å². The molecular weight excluding hydrogens is 360 g/mol. The Morgan fingerprint density at radius 2 is 1.93 bits per heavy atom. The second-order valence-corrected chi connectivity index (χ2v) is 7.16. The summed E-state index contributed by atoms with van der Waals surface area (Å²) in [6.07, 6.45) is 8.86. The molecule has 0 radical (unpaired) electrons. The SMILES string of the molecule is O=C(/C=C/c1ccc2c(c1)CCO2)N(CCc1ccccc1)Cc1cccnc1. The van der Waals surface area contributed by atoms with Crippen molar-refractivity contribution in [1.29, 1.82) is 0 Å². The van der Waals surface area contributed by atoms with Gasteiger partial charge in [0.05, 0.1) is 6.61 Å². The molecule has 3 aromatic rings. The van der Waals surface area contributed by atoms with Crippen LogP contribution in [0.1, 0.15) is 22.3 Å². The van der Waals surface area contributed by atoms with Crippen LogP contribution in [-0.4, -0.2) is 28.9 Å². The number of amides is 1. The average Bonchev–Trinajstić information content (AvgIpc) is 3.24. The number of fused-ring (bicyclic) bond motifs is 1. The predicted octanol–water partition coefficient (Wildman–Crippen LogP) is 4.30. The van der Waals surface area contributed by atoms with Crippen LogP contribution in [0, 0.1) is 0 Å². The van der Waals surface area contributed by atoms with Crippen molar-refractivity contribution in [1.82, 2.24) is 9.88 Å². The van der Waals surface area contributed by atoms with Gasteiger partial charge in [-0.3, -0.25) is 9.78 Å². The highest BCUT2D eigenvalue weighted by molar-refractivity contribution is 5.91. The predicted molar refractivity (Wildman–Crippen MR) is 114 cm³/mol. The number of aromatic nitrogens is 1. The van der Waals surface area contributed by atoms with Crippen LogP contribution in [-0.2, 0) is 24.2 Å². The molecule has 0 saturated heterocycles. The number of hydrogen-bond acceptors (Lipinski definition) is 3. The molecule has 4 heteroatoms. The van der Waals surface area contributed by atoms with E-state index >= 15 is 0 Å². The lowest BCUT2D eigenvalue weighted by molar-refractivity contribution is -0.126. The molecule has 2 heterocycles. The summed E-state index contributed by atoms with van der Waals surface area (Å²) >= 11 is 0. The second kappa shape index (κ2) is 9.20. The van der Waals surface area contributed by atoms with E-state index in [1.165, 1.54) is 11.1 Å². The Labute approximate surface area is 171 Å². The van der Waals surface area contributed by atoms with Gasteiger partial charge in [-0.15, -0.1) is 0 Å². The van der Waals surface area contributed by atoms with Gasteiger partial charge in [-0.1, -0.05) is 42.5 Å². The highest BCUT2D eigenvalue weighted by Crippen LogP contribution is 2.26. The molecule has 0 unspecified atom stereocenters. The summed E-state index contributed by atoms with van der Waals surface area (Å²) in [6.45, 7) is 1.93. The Kier molecular flexibility index (Phi) is 6.01. The minimum Gasteiger partial charge on any atom is -0.493 e. The number of carbonyl (C=O) groups excluding carboxylic acids is 1. The van der Waals surface area contributed by atoms with E-state index in [0.29, 0.717) is 13.1 Å². The van der Waals surface area contributed by atoms with Gasteiger partial charge in [0.15, 0.2) is 0 Å². The molecule has 1 amide bonds. The van der Waals surface area contributed by atoms with Gasteiger partial charge in [0.2, 0.25) is 5.91 Å². The van der Waals surface area contributed by atoms with Gasteiger partial charge in [-0.25, -0.2) is 0 Å². The quantitative estimate of drug-likeness (QED) is 0.571. The molecule has 146 valence electrons. The summed E-state index contributed by atoms with van der Waals surface area (Å²) < 4.78 is 5.55. The van der Waals surface area contributed by atoms with E-state index < -0.39 is 0 Å². The molecule has 0 aliphatic carbocycles. The van der Waals surface area contributed by atoms with Crippen molar-refractivity contribution in [2.24, 2.45) is 0 Å². The molecule has 1 aromatic heterocycles. The van der Waals surface area contributed by atoms with E-state index in [9.17, 15) is 4.79 Å². The van der Waals surface area contributed by atoms with Crippen LogP contribution in [0.15, 0.2) is 79.1 Å². The molecule has 0 spiro atoms. The topological polar surface area (TPSA) is 42.4 Å². The number of hydrogen-bond donors (Lipinski definition) is 0. The van der Waals surface area contributed by atoms with Crippen molar-refractivity contribution in [3.63, 3.8) is 0 Å². The molecule has 0 saturated carbocycles. The minimum absolute atomic E-state index is 0.00142. The zero-order chi connectivity index (χ0) is 19.9. The molecule has 1 aliphatic rings. The van der Waals surface area contributed by atoms with Crippen molar-refractivity contribution in [3.05, 3.63) is 101 Å². The molecule has 4 rings (SSSR count). The van der Waals surface area contributed by atoms with Crippen LogP contribution in [0.25, 0.3) is 6.08 Å². The normalized spacial score (nSPS) is 12.6. The number of nitrogens with zero attached hydrogens (tertiary/aromatic N) is 2. The molecule has 0 atom stereocenters. The first kappa shape index (κ1) is 18.9. The van der Waals surface area contributed by atoms with Gasteiger partial charge in [0.25, 0.3) is 0 Å². The Morgan fingerprint density at radius 3 is 2.76 bits per heavy atom. The largest absolute Gasteiger partial charge is 0.493 e. The highest BCUT2D eigenvalue weighted by atomic mass is 16.5.